The number of benzene rings is 3. The first kappa shape index (κ1) is 19.8. The average Bonchev–Trinajstić information content (AvgIpc) is 3.10. The van der Waals surface area contributed by atoms with Crippen molar-refractivity contribution in [1.29, 1.82) is 0 Å². The van der Waals surface area contributed by atoms with Crippen LogP contribution in [0.4, 0.5) is 5.69 Å². The van der Waals surface area contributed by atoms with Gasteiger partial charge in [0.05, 0.1) is 19.9 Å². The molecule has 0 saturated heterocycles. The normalized spacial score (nSPS) is 14.8. The Balaban J connectivity index is 1.80. The van der Waals surface area contributed by atoms with Crippen molar-refractivity contribution in [2.45, 2.75) is 0 Å². The number of halogens is 1. The summed E-state index contributed by atoms with van der Waals surface area (Å²) in [5.74, 6) is 1.15. The first-order chi connectivity index (χ1) is 14.6. The molecule has 4 rings (SSSR count). The van der Waals surface area contributed by atoms with Gasteiger partial charge in [0.2, 0.25) is 0 Å². The number of amides is 1. The minimum atomic E-state index is -0.0964. The first-order valence-electron chi connectivity index (χ1n) is 9.41. The molecule has 30 heavy (non-hydrogen) atoms. The summed E-state index contributed by atoms with van der Waals surface area (Å²) < 4.78 is 10.7. The van der Waals surface area contributed by atoms with Crippen molar-refractivity contribution >= 4 is 35.0 Å². The first-order valence-corrected chi connectivity index (χ1v) is 9.79. The average molecular weight is 418 g/mol. The zero-order chi connectivity index (χ0) is 21.1. The lowest BCUT2D eigenvalue weighted by atomic mass is 10.1. The van der Waals surface area contributed by atoms with E-state index in [2.05, 4.69) is 0 Å². The van der Waals surface area contributed by atoms with Crippen LogP contribution in [-0.2, 0) is 4.79 Å². The highest BCUT2D eigenvalue weighted by Gasteiger charge is 2.30. The minimum absolute atomic E-state index is 0.0964. The van der Waals surface area contributed by atoms with Crippen LogP contribution in [0.15, 0.2) is 84.4 Å². The summed E-state index contributed by atoms with van der Waals surface area (Å²) >= 11 is 6.06. The highest BCUT2D eigenvalue weighted by atomic mass is 35.5. The van der Waals surface area contributed by atoms with E-state index in [-0.39, 0.29) is 5.91 Å². The maximum Gasteiger partial charge on any atom is 0.262 e. The summed E-state index contributed by atoms with van der Waals surface area (Å²) in [6.07, 6.45) is 3.75. The van der Waals surface area contributed by atoms with Gasteiger partial charge in [0.25, 0.3) is 5.91 Å². The van der Waals surface area contributed by atoms with Crippen LogP contribution in [-0.4, -0.2) is 20.1 Å². The number of ether oxygens (including phenoxy) is 2. The third kappa shape index (κ3) is 3.82. The minimum Gasteiger partial charge on any atom is -0.493 e. The number of hydrogen-bond donors (Lipinski definition) is 0. The van der Waals surface area contributed by atoms with Crippen LogP contribution >= 0.6 is 11.6 Å². The van der Waals surface area contributed by atoms with Gasteiger partial charge in [0, 0.05) is 16.3 Å². The van der Waals surface area contributed by atoms with Gasteiger partial charge in [-0.2, -0.15) is 0 Å². The molecular weight excluding hydrogens is 398 g/mol. The Bertz CT molecular complexity index is 1130. The standard InChI is InChI=1S/C25H20ClNO3/c1-29-23-13-8-17(15-24(23)30-2)14-19-16-22(18-9-11-20(26)12-10-18)27(25(19)28)21-6-4-3-5-7-21/h3-16H,1-2H3/b19-14+. The number of rotatable bonds is 5. The topological polar surface area (TPSA) is 38.8 Å². The Kier molecular flexibility index (Phi) is 5.59. The number of nitrogens with zero attached hydrogens (tertiary/aromatic N) is 1. The number of hydrogen-bond acceptors (Lipinski definition) is 3. The van der Waals surface area contributed by atoms with Gasteiger partial charge >= 0.3 is 0 Å². The molecule has 1 aliphatic rings. The van der Waals surface area contributed by atoms with Crippen LogP contribution in [0.5, 0.6) is 11.5 Å². The highest BCUT2D eigenvalue weighted by molar-refractivity contribution is 6.30. The molecule has 5 heteroatoms. The third-order valence-corrected chi connectivity index (χ3v) is 5.12. The van der Waals surface area contributed by atoms with E-state index in [9.17, 15) is 4.79 Å². The van der Waals surface area contributed by atoms with Crippen molar-refractivity contribution in [2.24, 2.45) is 0 Å². The van der Waals surface area contributed by atoms with Crippen molar-refractivity contribution in [2.75, 3.05) is 19.1 Å². The van der Waals surface area contributed by atoms with E-state index in [4.69, 9.17) is 21.1 Å². The van der Waals surface area contributed by atoms with Gasteiger partial charge in [-0.1, -0.05) is 48.0 Å². The molecule has 0 aliphatic carbocycles. The zero-order valence-electron chi connectivity index (χ0n) is 16.6. The predicted molar refractivity (Wildman–Crippen MR) is 121 cm³/mol. The Morgan fingerprint density at radius 1 is 0.867 bits per heavy atom. The zero-order valence-corrected chi connectivity index (χ0v) is 17.4. The molecule has 1 amide bonds. The Hall–Kier alpha value is -3.50. The highest BCUT2D eigenvalue weighted by Crippen LogP contribution is 2.36. The van der Waals surface area contributed by atoms with E-state index in [1.807, 2.05) is 84.9 Å². The molecule has 0 N–H and O–H groups in total. The number of methoxy groups -OCH3 is 2. The molecule has 0 aromatic heterocycles. The summed E-state index contributed by atoms with van der Waals surface area (Å²) in [6, 6.07) is 22.6. The van der Waals surface area contributed by atoms with E-state index in [1.165, 1.54) is 0 Å². The van der Waals surface area contributed by atoms with Crippen molar-refractivity contribution in [3.63, 3.8) is 0 Å². The van der Waals surface area contributed by atoms with Gasteiger partial charge in [0.1, 0.15) is 0 Å². The second-order valence-electron chi connectivity index (χ2n) is 6.73. The fourth-order valence-electron chi connectivity index (χ4n) is 3.40. The number of carbonyl (C=O) groups is 1. The summed E-state index contributed by atoms with van der Waals surface area (Å²) in [7, 11) is 3.18. The van der Waals surface area contributed by atoms with Crippen LogP contribution in [0.1, 0.15) is 11.1 Å². The van der Waals surface area contributed by atoms with Gasteiger partial charge in [-0.25, -0.2) is 0 Å². The Labute approximate surface area is 180 Å². The van der Waals surface area contributed by atoms with Crippen molar-refractivity contribution in [3.8, 4) is 11.5 Å². The molecule has 0 unspecified atom stereocenters. The fourth-order valence-corrected chi connectivity index (χ4v) is 3.53. The van der Waals surface area contributed by atoms with E-state index in [1.54, 1.807) is 19.1 Å². The van der Waals surface area contributed by atoms with Crippen LogP contribution in [0.25, 0.3) is 11.8 Å². The summed E-state index contributed by atoms with van der Waals surface area (Å²) in [5, 5.41) is 0.649. The van der Waals surface area contributed by atoms with Crippen LogP contribution in [0, 0.1) is 0 Å². The van der Waals surface area contributed by atoms with Gasteiger partial charge in [-0.15, -0.1) is 0 Å². The Morgan fingerprint density at radius 3 is 2.23 bits per heavy atom. The second-order valence-corrected chi connectivity index (χ2v) is 7.16. The lowest BCUT2D eigenvalue weighted by Crippen LogP contribution is -2.24. The molecule has 4 nitrogen and oxygen atoms in total. The second kappa shape index (κ2) is 8.47. The number of para-hydroxylation sites is 1. The molecule has 0 bridgehead atoms. The maximum absolute atomic E-state index is 13.4. The SMILES string of the molecule is COc1ccc(/C=C2\C=C(c3ccc(Cl)cc3)N(c3ccccc3)C2=O)cc1OC. The van der Waals surface area contributed by atoms with Crippen LogP contribution in [0.2, 0.25) is 5.02 Å². The largest absolute Gasteiger partial charge is 0.493 e. The molecule has 3 aromatic carbocycles. The lowest BCUT2D eigenvalue weighted by Gasteiger charge is -2.20. The van der Waals surface area contributed by atoms with Crippen LogP contribution < -0.4 is 14.4 Å². The summed E-state index contributed by atoms with van der Waals surface area (Å²) in [5.41, 5.74) is 3.94. The van der Waals surface area contributed by atoms with E-state index < -0.39 is 0 Å². The van der Waals surface area contributed by atoms with Crippen molar-refractivity contribution in [3.05, 3.63) is 101 Å². The van der Waals surface area contributed by atoms with Gasteiger partial charge < -0.3 is 9.47 Å². The number of anilines is 1. The molecule has 0 atom stereocenters. The summed E-state index contributed by atoms with van der Waals surface area (Å²) in [4.78, 5) is 15.1. The summed E-state index contributed by atoms with van der Waals surface area (Å²) in [6.45, 7) is 0. The quantitative estimate of drug-likeness (QED) is 0.490. The molecule has 1 heterocycles. The molecule has 150 valence electrons. The van der Waals surface area contributed by atoms with E-state index in [0.717, 1.165) is 22.5 Å². The van der Waals surface area contributed by atoms with Gasteiger partial charge in [-0.3, -0.25) is 9.69 Å². The molecule has 0 saturated carbocycles. The Morgan fingerprint density at radius 2 is 1.57 bits per heavy atom. The van der Waals surface area contributed by atoms with E-state index >= 15 is 0 Å². The molecule has 0 spiro atoms. The third-order valence-electron chi connectivity index (χ3n) is 4.87. The maximum atomic E-state index is 13.4. The molecule has 0 fully saturated rings. The van der Waals surface area contributed by atoms with Gasteiger partial charge in [0.15, 0.2) is 11.5 Å². The molecule has 0 radical (unpaired) electrons. The molecule has 3 aromatic rings. The van der Waals surface area contributed by atoms with E-state index in [0.29, 0.717) is 22.1 Å². The molecule has 1 aliphatic heterocycles. The predicted octanol–water partition coefficient (Wildman–Crippen LogP) is 5.83. The fraction of sp³-hybridized carbons (Fsp3) is 0.0800. The molecular formula is C25H20ClNO3. The monoisotopic (exact) mass is 417 g/mol. The van der Waals surface area contributed by atoms with Crippen LogP contribution in [0.3, 0.4) is 0 Å². The lowest BCUT2D eigenvalue weighted by molar-refractivity contribution is -0.113. The smallest absolute Gasteiger partial charge is 0.262 e. The van der Waals surface area contributed by atoms with Gasteiger partial charge in [-0.05, 0) is 59.7 Å². The number of carbonyl (C=O) groups excluding carboxylic acids is 1. The van der Waals surface area contributed by atoms with Crippen molar-refractivity contribution in [1.82, 2.24) is 0 Å². The van der Waals surface area contributed by atoms with Crippen molar-refractivity contribution < 1.29 is 14.3 Å².